The molecule has 0 aromatic carbocycles. The van der Waals surface area contributed by atoms with Crippen molar-refractivity contribution in [3.63, 3.8) is 0 Å². The van der Waals surface area contributed by atoms with E-state index in [9.17, 15) is 9.59 Å². The molecule has 4 aliphatic rings. The SMILES string of the molecule is CC(=O)[C@H]1CC[C@H]2[C@H]3CC=C4N(C)C(=O)CC[C@]4(C)[C@@H]3CC[C@]12C. The van der Waals surface area contributed by atoms with E-state index in [1.807, 2.05) is 11.9 Å². The van der Waals surface area contributed by atoms with Crippen molar-refractivity contribution in [2.24, 2.45) is 34.5 Å². The predicted molar refractivity (Wildman–Crippen MR) is 94.0 cm³/mol. The third kappa shape index (κ3) is 1.96. The summed E-state index contributed by atoms with van der Waals surface area (Å²) in [6.45, 7) is 6.59. The summed E-state index contributed by atoms with van der Waals surface area (Å²) in [5, 5.41) is 0. The molecule has 132 valence electrons. The van der Waals surface area contributed by atoms with Crippen molar-refractivity contribution in [2.75, 3.05) is 7.05 Å². The number of rotatable bonds is 1. The van der Waals surface area contributed by atoms with Gasteiger partial charge in [0.25, 0.3) is 0 Å². The third-order valence-electron chi connectivity index (χ3n) is 8.51. The molecule has 1 saturated heterocycles. The fourth-order valence-corrected chi connectivity index (χ4v) is 7.25. The molecule has 0 aromatic rings. The average Bonchev–Trinajstić information content (AvgIpc) is 2.89. The zero-order valence-electron chi connectivity index (χ0n) is 15.6. The number of fused-ring (bicyclic) bond motifs is 5. The monoisotopic (exact) mass is 329 g/mol. The fourth-order valence-electron chi connectivity index (χ4n) is 7.25. The highest BCUT2D eigenvalue weighted by atomic mass is 16.2. The molecule has 0 radical (unpaired) electrons. The third-order valence-corrected chi connectivity index (χ3v) is 8.51. The smallest absolute Gasteiger partial charge is 0.226 e. The first kappa shape index (κ1) is 16.4. The Hall–Kier alpha value is -1.12. The normalized spacial score (nSPS) is 47.6. The molecule has 0 unspecified atom stereocenters. The summed E-state index contributed by atoms with van der Waals surface area (Å²) in [7, 11) is 1.96. The molecule has 1 aliphatic heterocycles. The van der Waals surface area contributed by atoms with Crippen molar-refractivity contribution < 1.29 is 9.59 Å². The van der Waals surface area contributed by atoms with Gasteiger partial charge in [-0.25, -0.2) is 0 Å². The van der Waals surface area contributed by atoms with Gasteiger partial charge in [-0.15, -0.1) is 0 Å². The van der Waals surface area contributed by atoms with E-state index in [0.717, 1.165) is 19.3 Å². The number of piperidine rings is 1. The van der Waals surface area contributed by atoms with E-state index in [-0.39, 0.29) is 22.7 Å². The topological polar surface area (TPSA) is 37.4 Å². The molecule has 1 heterocycles. The summed E-state index contributed by atoms with van der Waals surface area (Å²) in [4.78, 5) is 26.3. The number of hydrogen-bond donors (Lipinski definition) is 0. The first-order valence-corrected chi connectivity index (χ1v) is 9.76. The number of Topliss-reactive ketones (excluding diaryl/α,β-unsaturated/α-hetero) is 1. The molecule has 2 saturated carbocycles. The number of ketones is 1. The summed E-state index contributed by atoms with van der Waals surface area (Å²) in [6, 6.07) is 0. The van der Waals surface area contributed by atoms with Crippen molar-refractivity contribution >= 4 is 11.7 Å². The maximum atomic E-state index is 12.2. The van der Waals surface area contributed by atoms with Gasteiger partial charge >= 0.3 is 0 Å². The molecule has 24 heavy (non-hydrogen) atoms. The lowest BCUT2D eigenvalue weighted by atomic mass is 9.49. The molecule has 3 heteroatoms. The van der Waals surface area contributed by atoms with Crippen LogP contribution >= 0.6 is 0 Å². The number of hydrogen-bond acceptors (Lipinski definition) is 2. The molecule has 6 atom stereocenters. The fraction of sp³-hybridized carbons (Fsp3) is 0.810. The van der Waals surface area contributed by atoms with Gasteiger partial charge < -0.3 is 4.90 Å². The van der Waals surface area contributed by atoms with Gasteiger partial charge in [-0.1, -0.05) is 19.9 Å². The zero-order chi connectivity index (χ0) is 17.3. The summed E-state index contributed by atoms with van der Waals surface area (Å²) in [5.74, 6) is 3.01. The van der Waals surface area contributed by atoms with Gasteiger partial charge in [0.05, 0.1) is 0 Å². The van der Waals surface area contributed by atoms with Gasteiger partial charge in [-0.05, 0) is 68.6 Å². The summed E-state index contributed by atoms with van der Waals surface area (Å²) < 4.78 is 0. The van der Waals surface area contributed by atoms with Crippen LogP contribution in [0.1, 0.15) is 65.7 Å². The second-order valence-corrected chi connectivity index (χ2v) is 9.36. The minimum Gasteiger partial charge on any atom is -0.319 e. The lowest BCUT2D eigenvalue weighted by molar-refractivity contribution is -0.137. The maximum Gasteiger partial charge on any atom is 0.226 e. The zero-order valence-corrected chi connectivity index (χ0v) is 15.6. The van der Waals surface area contributed by atoms with Crippen LogP contribution in [0, 0.1) is 34.5 Å². The van der Waals surface area contributed by atoms with Gasteiger partial charge in [-0.2, -0.15) is 0 Å². The predicted octanol–water partition coefficient (Wildman–Crippen LogP) is 4.18. The molecule has 3 fully saturated rings. The van der Waals surface area contributed by atoms with Crippen molar-refractivity contribution in [2.45, 2.75) is 65.7 Å². The molecule has 3 aliphatic carbocycles. The van der Waals surface area contributed by atoms with Crippen molar-refractivity contribution in [1.29, 1.82) is 0 Å². The molecule has 1 amide bonds. The number of nitrogens with zero attached hydrogens (tertiary/aromatic N) is 1. The molecule has 0 aromatic heterocycles. The molecule has 0 bridgehead atoms. The van der Waals surface area contributed by atoms with Gasteiger partial charge in [-0.3, -0.25) is 9.59 Å². The Balaban J connectivity index is 1.69. The van der Waals surface area contributed by atoms with Crippen LogP contribution in [-0.2, 0) is 9.59 Å². The Morgan fingerprint density at radius 1 is 1.17 bits per heavy atom. The van der Waals surface area contributed by atoms with Crippen LogP contribution in [0.15, 0.2) is 11.8 Å². The van der Waals surface area contributed by atoms with E-state index in [1.54, 1.807) is 6.92 Å². The highest BCUT2D eigenvalue weighted by Gasteiger charge is 2.60. The largest absolute Gasteiger partial charge is 0.319 e. The van der Waals surface area contributed by atoms with E-state index in [2.05, 4.69) is 19.9 Å². The molecule has 0 N–H and O–H groups in total. The number of allylic oxidation sites excluding steroid dienone is 2. The second kappa shape index (κ2) is 5.19. The van der Waals surface area contributed by atoms with Crippen LogP contribution in [0.2, 0.25) is 0 Å². The Labute approximate surface area is 145 Å². The minimum absolute atomic E-state index is 0.154. The van der Waals surface area contributed by atoms with Crippen LogP contribution < -0.4 is 0 Å². The van der Waals surface area contributed by atoms with Gasteiger partial charge in [0.2, 0.25) is 5.91 Å². The number of likely N-dealkylation sites (tertiary alicyclic amines) is 1. The van der Waals surface area contributed by atoms with Gasteiger partial charge in [0.1, 0.15) is 5.78 Å². The minimum atomic E-state index is 0.154. The lowest BCUT2D eigenvalue weighted by Gasteiger charge is -2.58. The quantitative estimate of drug-likeness (QED) is 0.724. The van der Waals surface area contributed by atoms with E-state index in [0.29, 0.717) is 30.0 Å². The summed E-state index contributed by atoms with van der Waals surface area (Å²) in [6.07, 6.45) is 9.86. The van der Waals surface area contributed by atoms with Gasteiger partial charge in [0.15, 0.2) is 0 Å². The Bertz CT molecular complexity index is 623. The van der Waals surface area contributed by atoms with E-state index < -0.39 is 0 Å². The van der Waals surface area contributed by atoms with Crippen molar-refractivity contribution in [1.82, 2.24) is 4.90 Å². The van der Waals surface area contributed by atoms with Crippen molar-refractivity contribution in [3.8, 4) is 0 Å². The molecular weight excluding hydrogens is 298 g/mol. The lowest BCUT2D eigenvalue weighted by Crippen LogP contribution is -2.53. The van der Waals surface area contributed by atoms with Crippen molar-refractivity contribution in [3.05, 3.63) is 11.8 Å². The van der Waals surface area contributed by atoms with E-state index in [1.165, 1.54) is 25.0 Å². The second-order valence-electron chi connectivity index (χ2n) is 9.36. The summed E-state index contributed by atoms with van der Waals surface area (Å²) >= 11 is 0. The molecule has 0 spiro atoms. The number of carbonyl (C=O) groups is 2. The van der Waals surface area contributed by atoms with Crippen LogP contribution in [0.4, 0.5) is 0 Å². The molecule has 3 nitrogen and oxygen atoms in total. The van der Waals surface area contributed by atoms with Crippen LogP contribution in [-0.4, -0.2) is 23.6 Å². The average molecular weight is 329 g/mol. The number of carbonyl (C=O) groups excluding carboxylic acids is 2. The highest BCUT2D eigenvalue weighted by molar-refractivity contribution is 5.80. The Morgan fingerprint density at radius 3 is 2.62 bits per heavy atom. The van der Waals surface area contributed by atoms with Crippen LogP contribution in [0.25, 0.3) is 0 Å². The highest BCUT2D eigenvalue weighted by Crippen LogP contribution is 2.65. The van der Waals surface area contributed by atoms with E-state index >= 15 is 0 Å². The first-order valence-electron chi connectivity index (χ1n) is 9.76. The first-order chi connectivity index (χ1) is 11.3. The standard InChI is InChI=1S/C21H31NO2/c1-13(23)15-6-7-16-14-5-8-18-21(3,12-10-19(24)22(18)4)17(14)9-11-20(15,16)2/h8,14-17H,5-7,9-12H2,1-4H3/t14-,15-,16+,17-,20-,21-/m1/s1. The molecular formula is C21H31NO2. The van der Waals surface area contributed by atoms with Crippen LogP contribution in [0.5, 0.6) is 0 Å². The van der Waals surface area contributed by atoms with Gasteiger partial charge in [0, 0.05) is 30.5 Å². The Kier molecular flexibility index (Phi) is 3.54. The van der Waals surface area contributed by atoms with Crippen LogP contribution in [0.3, 0.4) is 0 Å². The molecule has 4 rings (SSSR count). The van der Waals surface area contributed by atoms with E-state index in [4.69, 9.17) is 0 Å². The Morgan fingerprint density at radius 2 is 1.92 bits per heavy atom. The maximum absolute atomic E-state index is 12.2. The number of amides is 1. The summed E-state index contributed by atoms with van der Waals surface area (Å²) in [5.41, 5.74) is 1.65.